The van der Waals surface area contributed by atoms with Crippen LogP contribution in [-0.4, -0.2) is 29.3 Å². The van der Waals surface area contributed by atoms with Crippen molar-refractivity contribution in [3.8, 4) is 17.2 Å². The average Bonchev–Trinajstić information content (AvgIpc) is 3.06. The second-order valence-corrected chi connectivity index (χ2v) is 5.45. The van der Waals surface area contributed by atoms with Gasteiger partial charge in [-0.15, -0.1) is 10.2 Å². The molecule has 0 spiro atoms. The van der Waals surface area contributed by atoms with Crippen LogP contribution in [-0.2, 0) is 0 Å². The molecule has 0 saturated heterocycles. The Morgan fingerprint density at radius 1 is 1.18 bits per heavy atom. The zero-order valence-electron chi connectivity index (χ0n) is 12.5. The molecule has 1 aliphatic rings. The molecule has 22 heavy (non-hydrogen) atoms. The normalized spacial score (nSPS) is 15.5. The maximum atomic E-state index is 12.1. The molecule has 1 amide bonds. The summed E-state index contributed by atoms with van der Waals surface area (Å²) >= 11 is 0. The Labute approximate surface area is 128 Å². The Morgan fingerprint density at radius 3 is 2.59 bits per heavy atom. The van der Waals surface area contributed by atoms with Gasteiger partial charge in [-0.25, -0.2) is 0 Å². The molecular formula is C16H19N3O3. The van der Waals surface area contributed by atoms with Crippen molar-refractivity contribution in [1.29, 1.82) is 0 Å². The molecule has 2 aromatic rings. The van der Waals surface area contributed by atoms with Crippen LogP contribution in [0.15, 0.2) is 28.7 Å². The molecule has 0 bridgehead atoms. The minimum atomic E-state index is -0.292. The molecule has 0 aliphatic heterocycles. The van der Waals surface area contributed by atoms with Gasteiger partial charge in [0.15, 0.2) is 0 Å². The lowest BCUT2D eigenvalue weighted by molar-refractivity contribution is 0.0893. The number of nitrogens with one attached hydrogen (secondary N) is 1. The Morgan fingerprint density at radius 2 is 1.91 bits per heavy atom. The fraction of sp³-hybridized carbons (Fsp3) is 0.438. The lowest BCUT2D eigenvalue weighted by Crippen LogP contribution is -2.36. The number of aromatic nitrogens is 2. The Hall–Kier alpha value is -2.37. The van der Waals surface area contributed by atoms with E-state index in [4.69, 9.17) is 9.15 Å². The molecule has 1 aliphatic carbocycles. The molecule has 0 atom stereocenters. The summed E-state index contributed by atoms with van der Waals surface area (Å²) < 4.78 is 10.6. The number of hydrogen-bond donors (Lipinski definition) is 1. The first-order valence-electron chi connectivity index (χ1n) is 7.55. The Balaban J connectivity index is 1.68. The van der Waals surface area contributed by atoms with Crippen LogP contribution >= 0.6 is 0 Å². The van der Waals surface area contributed by atoms with Gasteiger partial charge in [-0.3, -0.25) is 4.79 Å². The summed E-state index contributed by atoms with van der Waals surface area (Å²) in [4.78, 5) is 12.1. The molecule has 1 aromatic carbocycles. The van der Waals surface area contributed by atoms with Crippen LogP contribution in [0.5, 0.6) is 5.75 Å². The fourth-order valence-electron chi connectivity index (χ4n) is 2.66. The molecule has 1 heterocycles. The highest BCUT2D eigenvalue weighted by Crippen LogP contribution is 2.22. The SMILES string of the molecule is COc1ccc(-c2nnc(C(=O)NC3CCCCC3)o2)cc1. The number of carbonyl (C=O) groups excluding carboxylic acids is 1. The molecular weight excluding hydrogens is 282 g/mol. The molecule has 3 rings (SSSR count). The van der Waals surface area contributed by atoms with Gasteiger partial charge >= 0.3 is 11.8 Å². The minimum absolute atomic E-state index is 0.0105. The van der Waals surface area contributed by atoms with Gasteiger partial charge in [0.1, 0.15) is 5.75 Å². The van der Waals surface area contributed by atoms with Crippen molar-refractivity contribution in [2.75, 3.05) is 7.11 Å². The standard InChI is InChI=1S/C16H19N3O3/c1-21-13-9-7-11(8-10-13)15-18-19-16(22-15)14(20)17-12-5-3-2-4-6-12/h7-10,12H,2-6H2,1H3,(H,17,20). The van der Waals surface area contributed by atoms with E-state index in [0.717, 1.165) is 37.0 Å². The van der Waals surface area contributed by atoms with Gasteiger partial charge in [-0.1, -0.05) is 19.3 Å². The summed E-state index contributed by atoms with van der Waals surface area (Å²) in [6, 6.07) is 7.46. The van der Waals surface area contributed by atoms with Gasteiger partial charge in [0.05, 0.1) is 7.11 Å². The number of carbonyl (C=O) groups is 1. The van der Waals surface area contributed by atoms with Crippen LogP contribution < -0.4 is 10.1 Å². The van der Waals surface area contributed by atoms with Crippen molar-refractivity contribution < 1.29 is 13.9 Å². The highest BCUT2D eigenvalue weighted by atomic mass is 16.5. The van der Waals surface area contributed by atoms with Crippen molar-refractivity contribution in [1.82, 2.24) is 15.5 Å². The second-order valence-electron chi connectivity index (χ2n) is 5.45. The summed E-state index contributed by atoms with van der Waals surface area (Å²) in [6.07, 6.45) is 5.60. The van der Waals surface area contributed by atoms with Crippen molar-refractivity contribution in [3.05, 3.63) is 30.2 Å². The third-order valence-corrected chi connectivity index (χ3v) is 3.90. The summed E-state index contributed by atoms with van der Waals surface area (Å²) in [5.41, 5.74) is 0.755. The van der Waals surface area contributed by atoms with Gasteiger partial charge in [0, 0.05) is 11.6 Å². The molecule has 1 N–H and O–H groups in total. The third-order valence-electron chi connectivity index (χ3n) is 3.90. The third kappa shape index (κ3) is 3.27. The Bertz CT molecular complexity index is 630. The van der Waals surface area contributed by atoms with E-state index in [9.17, 15) is 4.79 Å². The van der Waals surface area contributed by atoms with E-state index in [1.54, 1.807) is 19.2 Å². The lowest BCUT2D eigenvalue weighted by atomic mass is 9.95. The Kier molecular flexibility index (Phi) is 4.37. The molecule has 0 unspecified atom stereocenters. The van der Waals surface area contributed by atoms with E-state index in [-0.39, 0.29) is 17.8 Å². The zero-order chi connectivity index (χ0) is 15.4. The molecule has 116 valence electrons. The van der Waals surface area contributed by atoms with Crippen LogP contribution in [0, 0.1) is 0 Å². The summed E-state index contributed by atoms with van der Waals surface area (Å²) in [7, 11) is 1.61. The first-order valence-corrected chi connectivity index (χ1v) is 7.55. The van der Waals surface area contributed by atoms with E-state index in [2.05, 4.69) is 15.5 Å². The number of methoxy groups -OCH3 is 1. The van der Waals surface area contributed by atoms with Crippen molar-refractivity contribution in [2.45, 2.75) is 38.1 Å². The van der Waals surface area contributed by atoms with Crippen molar-refractivity contribution in [3.63, 3.8) is 0 Å². The predicted octanol–water partition coefficient (Wildman–Crippen LogP) is 2.81. The summed E-state index contributed by atoms with van der Waals surface area (Å²) in [5, 5.41) is 10.7. The van der Waals surface area contributed by atoms with Gasteiger partial charge in [0.25, 0.3) is 0 Å². The van der Waals surface area contributed by atoms with Gasteiger partial charge < -0.3 is 14.5 Å². The summed E-state index contributed by atoms with van der Waals surface area (Å²) in [6.45, 7) is 0. The number of hydrogen-bond acceptors (Lipinski definition) is 5. The van der Waals surface area contributed by atoms with Gasteiger partial charge in [-0.05, 0) is 37.1 Å². The number of ether oxygens (including phenoxy) is 1. The van der Waals surface area contributed by atoms with Crippen molar-refractivity contribution in [2.24, 2.45) is 0 Å². The molecule has 6 nitrogen and oxygen atoms in total. The predicted molar refractivity (Wildman–Crippen MR) is 80.6 cm³/mol. The van der Waals surface area contributed by atoms with E-state index < -0.39 is 0 Å². The van der Waals surface area contributed by atoms with E-state index in [1.807, 2.05) is 12.1 Å². The fourth-order valence-corrected chi connectivity index (χ4v) is 2.66. The maximum absolute atomic E-state index is 12.1. The van der Waals surface area contributed by atoms with Crippen molar-refractivity contribution >= 4 is 5.91 Å². The first kappa shape index (κ1) is 14.6. The smallest absolute Gasteiger partial charge is 0.309 e. The highest BCUT2D eigenvalue weighted by Gasteiger charge is 2.21. The first-order chi connectivity index (χ1) is 10.8. The van der Waals surface area contributed by atoms with Crippen LogP contribution in [0.25, 0.3) is 11.5 Å². The summed E-state index contributed by atoms with van der Waals surface area (Å²) in [5.74, 6) is 0.797. The quantitative estimate of drug-likeness (QED) is 0.939. The zero-order valence-corrected chi connectivity index (χ0v) is 12.5. The van der Waals surface area contributed by atoms with Crippen LogP contribution in [0.1, 0.15) is 42.8 Å². The number of amides is 1. The van der Waals surface area contributed by atoms with E-state index in [1.165, 1.54) is 6.42 Å². The molecule has 1 fully saturated rings. The van der Waals surface area contributed by atoms with Crippen LogP contribution in [0.4, 0.5) is 0 Å². The second kappa shape index (κ2) is 6.60. The highest BCUT2D eigenvalue weighted by molar-refractivity contribution is 5.89. The van der Waals surface area contributed by atoms with Crippen LogP contribution in [0.2, 0.25) is 0 Å². The maximum Gasteiger partial charge on any atom is 0.309 e. The monoisotopic (exact) mass is 301 g/mol. The topological polar surface area (TPSA) is 77.2 Å². The molecule has 1 saturated carbocycles. The minimum Gasteiger partial charge on any atom is -0.497 e. The van der Waals surface area contributed by atoms with Crippen LogP contribution in [0.3, 0.4) is 0 Å². The number of nitrogens with zero attached hydrogens (tertiary/aromatic N) is 2. The van der Waals surface area contributed by atoms with Gasteiger partial charge in [-0.2, -0.15) is 0 Å². The van der Waals surface area contributed by atoms with E-state index in [0.29, 0.717) is 5.89 Å². The average molecular weight is 301 g/mol. The number of rotatable bonds is 4. The van der Waals surface area contributed by atoms with E-state index >= 15 is 0 Å². The lowest BCUT2D eigenvalue weighted by Gasteiger charge is -2.21. The largest absolute Gasteiger partial charge is 0.497 e. The molecule has 0 radical (unpaired) electrons. The molecule has 1 aromatic heterocycles. The van der Waals surface area contributed by atoms with Gasteiger partial charge in [0.2, 0.25) is 5.89 Å². The molecule has 6 heteroatoms. The number of benzene rings is 1.